The molecule has 0 atom stereocenters. The van der Waals surface area contributed by atoms with Crippen LogP contribution in [0.5, 0.6) is 0 Å². The van der Waals surface area contributed by atoms with E-state index in [0.717, 1.165) is 18.9 Å². The number of hydrogen-bond donors (Lipinski definition) is 1. The third-order valence-corrected chi connectivity index (χ3v) is 3.40. The van der Waals surface area contributed by atoms with Crippen molar-refractivity contribution in [1.82, 2.24) is 4.90 Å². The van der Waals surface area contributed by atoms with E-state index in [2.05, 4.69) is 0 Å². The highest BCUT2D eigenvalue weighted by atomic mass is 16.4. The normalized spacial score (nSPS) is 14.1. The molecular formula is C15H13NO5. The molecule has 0 radical (unpaired) electrons. The summed E-state index contributed by atoms with van der Waals surface area (Å²) in [6, 6.07) is 7.68. The Morgan fingerprint density at radius 1 is 1.29 bits per heavy atom. The number of para-hydroxylation sites is 1. The van der Waals surface area contributed by atoms with Gasteiger partial charge in [-0.25, -0.2) is 0 Å². The van der Waals surface area contributed by atoms with Gasteiger partial charge in [-0.3, -0.25) is 14.4 Å². The molecule has 1 amide bonds. The summed E-state index contributed by atoms with van der Waals surface area (Å²) in [4.78, 5) is 36.5. The summed E-state index contributed by atoms with van der Waals surface area (Å²) < 4.78 is 5.46. The Morgan fingerprint density at radius 2 is 2.00 bits per heavy atom. The van der Waals surface area contributed by atoms with E-state index in [4.69, 9.17) is 9.52 Å². The molecule has 1 aliphatic carbocycles. The zero-order valence-electron chi connectivity index (χ0n) is 11.1. The van der Waals surface area contributed by atoms with Gasteiger partial charge in [-0.2, -0.15) is 0 Å². The Morgan fingerprint density at radius 3 is 2.67 bits per heavy atom. The van der Waals surface area contributed by atoms with Crippen LogP contribution >= 0.6 is 0 Å². The number of aliphatic carboxylic acids is 1. The van der Waals surface area contributed by atoms with Crippen molar-refractivity contribution < 1.29 is 19.1 Å². The van der Waals surface area contributed by atoms with Crippen LogP contribution in [0.15, 0.2) is 39.5 Å². The highest BCUT2D eigenvalue weighted by Crippen LogP contribution is 2.28. The SMILES string of the molecule is O=C(O)CN(C(=O)c1cc(=O)c2ccccc2o1)C1CC1. The molecule has 1 aromatic carbocycles. The zero-order chi connectivity index (χ0) is 15.0. The van der Waals surface area contributed by atoms with Gasteiger partial charge < -0.3 is 14.4 Å². The van der Waals surface area contributed by atoms with Crippen LogP contribution in [-0.2, 0) is 4.79 Å². The van der Waals surface area contributed by atoms with Crippen molar-refractivity contribution in [2.75, 3.05) is 6.54 Å². The first-order valence-corrected chi connectivity index (χ1v) is 6.62. The lowest BCUT2D eigenvalue weighted by molar-refractivity contribution is -0.137. The van der Waals surface area contributed by atoms with E-state index in [1.807, 2.05) is 0 Å². The van der Waals surface area contributed by atoms with Crippen LogP contribution in [0.1, 0.15) is 23.4 Å². The second kappa shape index (κ2) is 5.05. The molecule has 21 heavy (non-hydrogen) atoms. The molecule has 0 unspecified atom stereocenters. The fraction of sp³-hybridized carbons (Fsp3) is 0.267. The van der Waals surface area contributed by atoms with Gasteiger partial charge in [-0.15, -0.1) is 0 Å². The van der Waals surface area contributed by atoms with Crippen LogP contribution in [-0.4, -0.2) is 34.5 Å². The molecule has 1 saturated carbocycles. The number of fused-ring (bicyclic) bond motifs is 1. The minimum absolute atomic E-state index is 0.0784. The molecule has 0 saturated heterocycles. The van der Waals surface area contributed by atoms with Gasteiger partial charge in [0.1, 0.15) is 12.1 Å². The van der Waals surface area contributed by atoms with E-state index >= 15 is 0 Å². The fourth-order valence-electron chi connectivity index (χ4n) is 2.25. The maximum atomic E-state index is 12.4. The van der Waals surface area contributed by atoms with E-state index in [-0.39, 0.29) is 23.8 Å². The first-order valence-electron chi connectivity index (χ1n) is 6.62. The first-order chi connectivity index (χ1) is 10.1. The summed E-state index contributed by atoms with van der Waals surface area (Å²) in [5, 5.41) is 9.29. The third-order valence-electron chi connectivity index (χ3n) is 3.40. The Bertz CT molecular complexity index is 775. The van der Waals surface area contributed by atoms with Gasteiger partial charge >= 0.3 is 5.97 Å². The van der Waals surface area contributed by atoms with Crippen molar-refractivity contribution in [2.24, 2.45) is 0 Å². The molecule has 3 rings (SSSR count). The standard InChI is InChI=1S/C15H13NO5/c17-11-7-13(21-12-4-2-1-3-10(11)12)15(20)16(8-14(18)19)9-5-6-9/h1-4,7,9H,5-6,8H2,(H,18,19). The number of amides is 1. The van der Waals surface area contributed by atoms with Gasteiger partial charge in [-0.05, 0) is 25.0 Å². The Labute approximate surface area is 119 Å². The summed E-state index contributed by atoms with van der Waals surface area (Å²) in [5.41, 5.74) is 0.00527. The quantitative estimate of drug-likeness (QED) is 0.920. The maximum absolute atomic E-state index is 12.4. The summed E-state index contributed by atoms with van der Waals surface area (Å²) in [7, 11) is 0. The molecule has 1 heterocycles. The van der Waals surface area contributed by atoms with Crippen molar-refractivity contribution in [3.8, 4) is 0 Å². The Hall–Kier alpha value is -2.63. The van der Waals surface area contributed by atoms with Crippen molar-refractivity contribution in [3.63, 3.8) is 0 Å². The predicted octanol–water partition coefficient (Wildman–Crippen LogP) is 1.48. The van der Waals surface area contributed by atoms with Crippen LogP contribution in [0.3, 0.4) is 0 Å². The molecule has 0 spiro atoms. The van der Waals surface area contributed by atoms with Gasteiger partial charge in [0.05, 0.1) is 5.39 Å². The average molecular weight is 287 g/mol. The third kappa shape index (κ3) is 2.65. The highest BCUT2D eigenvalue weighted by Gasteiger charge is 2.35. The van der Waals surface area contributed by atoms with Crippen molar-refractivity contribution >= 4 is 22.8 Å². The molecule has 1 fully saturated rings. The summed E-state index contributed by atoms with van der Waals surface area (Å²) in [5.74, 6) is -1.76. The van der Waals surface area contributed by atoms with Crippen LogP contribution < -0.4 is 5.43 Å². The molecule has 0 aliphatic heterocycles. The molecule has 6 heteroatoms. The minimum atomic E-state index is -1.08. The summed E-state index contributed by atoms with van der Waals surface area (Å²) >= 11 is 0. The smallest absolute Gasteiger partial charge is 0.323 e. The Kier molecular flexibility index (Phi) is 3.21. The predicted molar refractivity (Wildman–Crippen MR) is 74.2 cm³/mol. The lowest BCUT2D eigenvalue weighted by atomic mass is 10.2. The zero-order valence-corrected chi connectivity index (χ0v) is 11.1. The van der Waals surface area contributed by atoms with E-state index in [0.29, 0.717) is 11.0 Å². The van der Waals surface area contributed by atoms with Gasteiger partial charge in [0.2, 0.25) is 0 Å². The molecule has 2 aromatic rings. The van der Waals surface area contributed by atoms with Gasteiger partial charge in [0.25, 0.3) is 5.91 Å². The second-order valence-electron chi connectivity index (χ2n) is 5.03. The number of nitrogens with zero attached hydrogens (tertiary/aromatic N) is 1. The van der Waals surface area contributed by atoms with Gasteiger partial charge in [-0.1, -0.05) is 12.1 Å². The van der Waals surface area contributed by atoms with Crippen LogP contribution in [0.4, 0.5) is 0 Å². The number of carboxylic acid groups (broad SMARTS) is 1. The number of carbonyl (C=O) groups is 2. The van der Waals surface area contributed by atoms with E-state index in [1.54, 1.807) is 24.3 Å². The first kappa shape index (κ1) is 13.4. The monoisotopic (exact) mass is 287 g/mol. The molecule has 6 nitrogen and oxygen atoms in total. The topological polar surface area (TPSA) is 87.8 Å². The van der Waals surface area contributed by atoms with Crippen LogP contribution in [0.2, 0.25) is 0 Å². The van der Waals surface area contributed by atoms with E-state index in [9.17, 15) is 14.4 Å². The minimum Gasteiger partial charge on any atom is -0.480 e. The Balaban J connectivity index is 2.00. The number of rotatable bonds is 4. The maximum Gasteiger partial charge on any atom is 0.323 e. The molecule has 1 aromatic heterocycles. The molecule has 1 N–H and O–H groups in total. The average Bonchev–Trinajstić information content (AvgIpc) is 3.28. The van der Waals surface area contributed by atoms with Crippen LogP contribution in [0, 0.1) is 0 Å². The second-order valence-corrected chi connectivity index (χ2v) is 5.03. The molecular weight excluding hydrogens is 274 g/mol. The molecule has 1 aliphatic rings. The van der Waals surface area contributed by atoms with E-state index in [1.165, 1.54) is 4.90 Å². The van der Waals surface area contributed by atoms with Crippen molar-refractivity contribution in [2.45, 2.75) is 18.9 Å². The van der Waals surface area contributed by atoms with E-state index < -0.39 is 11.9 Å². The molecule has 0 bridgehead atoms. The van der Waals surface area contributed by atoms with Gasteiger partial charge in [0.15, 0.2) is 11.2 Å². The summed E-state index contributed by atoms with van der Waals surface area (Å²) in [6.07, 6.45) is 1.55. The molecule has 108 valence electrons. The largest absolute Gasteiger partial charge is 0.480 e. The number of benzene rings is 1. The highest BCUT2D eigenvalue weighted by molar-refractivity contribution is 5.95. The van der Waals surface area contributed by atoms with Crippen LogP contribution in [0.25, 0.3) is 11.0 Å². The van der Waals surface area contributed by atoms with Crippen molar-refractivity contribution in [1.29, 1.82) is 0 Å². The number of carbonyl (C=O) groups excluding carboxylic acids is 1. The number of carboxylic acids is 1. The summed E-state index contributed by atoms with van der Waals surface area (Å²) in [6.45, 7) is -0.389. The van der Waals surface area contributed by atoms with Crippen molar-refractivity contribution in [3.05, 3.63) is 46.3 Å². The lowest BCUT2D eigenvalue weighted by Crippen LogP contribution is -2.37. The fourth-order valence-corrected chi connectivity index (χ4v) is 2.25. The van der Waals surface area contributed by atoms with Gasteiger partial charge in [0, 0.05) is 12.1 Å². The lowest BCUT2D eigenvalue weighted by Gasteiger charge is -2.19. The number of hydrogen-bond acceptors (Lipinski definition) is 4.